The summed E-state index contributed by atoms with van der Waals surface area (Å²) in [4.78, 5) is 15.6. The highest BCUT2D eigenvalue weighted by atomic mass is 16.5. The molecule has 1 saturated heterocycles. The summed E-state index contributed by atoms with van der Waals surface area (Å²) in [5.41, 5.74) is 2.66. The Hall–Kier alpha value is -3.40. The number of rotatable bonds is 6. The Morgan fingerprint density at radius 2 is 1.94 bits per heavy atom. The monoisotopic (exact) mass is 454 g/mol. The first-order chi connectivity index (χ1) is 15.7. The molecule has 0 atom stereocenters. The molecule has 0 spiro atoms. The van der Waals surface area contributed by atoms with E-state index in [1.807, 2.05) is 12.1 Å². The van der Waals surface area contributed by atoms with Crippen LogP contribution in [0.1, 0.15) is 36.7 Å². The maximum atomic E-state index is 13.4. The zero-order valence-electron chi connectivity index (χ0n) is 19.7. The smallest absolute Gasteiger partial charge is 0.317 e. The van der Waals surface area contributed by atoms with Gasteiger partial charge in [-0.2, -0.15) is 9.78 Å². The molecule has 0 aliphatic carbocycles. The van der Waals surface area contributed by atoms with Crippen molar-refractivity contribution < 1.29 is 23.7 Å². The van der Waals surface area contributed by atoms with Gasteiger partial charge in [-0.25, -0.2) is 0 Å². The van der Waals surface area contributed by atoms with Crippen LogP contribution in [-0.4, -0.2) is 55.9 Å². The Morgan fingerprint density at radius 3 is 2.58 bits per heavy atom. The molecule has 0 bridgehead atoms. The molecule has 1 aliphatic heterocycles. The molecule has 1 fully saturated rings. The van der Waals surface area contributed by atoms with Crippen LogP contribution in [0.5, 0.6) is 11.6 Å². The first-order valence-corrected chi connectivity index (χ1v) is 10.9. The van der Waals surface area contributed by atoms with Crippen molar-refractivity contribution >= 4 is 17.1 Å². The molecule has 33 heavy (non-hydrogen) atoms. The number of hydrogen-bond acceptors (Lipinski definition) is 7. The second-order valence-electron chi connectivity index (χ2n) is 8.98. The number of nitrogens with one attached hydrogen (secondary N) is 1. The minimum absolute atomic E-state index is 0.0190. The van der Waals surface area contributed by atoms with Crippen LogP contribution in [0.3, 0.4) is 0 Å². The first-order valence-electron chi connectivity index (χ1n) is 10.9. The number of anilines is 1. The molecule has 1 N–H and O–H groups in total. The molecule has 4 rings (SSSR count). The number of benzene rings is 1. The lowest BCUT2D eigenvalue weighted by Crippen LogP contribution is -2.43. The van der Waals surface area contributed by atoms with Crippen molar-refractivity contribution in [3.05, 3.63) is 41.0 Å². The summed E-state index contributed by atoms with van der Waals surface area (Å²) in [5.74, 6) is 1.04. The highest BCUT2D eigenvalue weighted by Crippen LogP contribution is 2.40. The predicted octanol–water partition coefficient (Wildman–Crippen LogP) is 1.09. The van der Waals surface area contributed by atoms with Crippen molar-refractivity contribution in [1.82, 2.24) is 14.7 Å². The second-order valence-corrected chi connectivity index (χ2v) is 8.98. The summed E-state index contributed by atoms with van der Waals surface area (Å²) in [6, 6.07) is 7.22. The van der Waals surface area contributed by atoms with Crippen LogP contribution in [0, 0.1) is 5.41 Å². The molecule has 0 amide bonds. The highest BCUT2D eigenvalue weighted by Gasteiger charge is 2.28. The summed E-state index contributed by atoms with van der Waals surface area (Å²) >= 11 is 0. The van der Waals surface area contributed by atoms with Gasteiger partial charge < -0.3 is 24.5 Å². The molecule has 1 aromatic carbocycles. The van der Waals surface area contributed by atoms with Crippen molar-refractivity contribution in [2.45, 2.75) is 32.7 Å². The fourth-order valence-corrected chi connectivity index (χ4v) is 4.00. The molecule has 0 unspecified atom stereocenters. The van der Waals surface area contributed by atoms with Gasteiger partial charge in [-0.3, -0.25) is 4.79 Å². The number of morpholine rings is 1. The number of hydrogen-bond donors (Lipinski definition) is 1. The number of carbonyl (C=O) groups excluding carboxylic acids is 1. The second kappa shape index (κ2) is 8.86. The minimum atomic E-state index is -0.230. The van der Waals surface area contributed by atoms with Gasteiger partial charge in [0.25, 0.3) is 5.88 Å². The van der Waals surface area contributed by atoms with Crippen LogP contribution in [0.15, 0.2) is 24.3 Å². The number of ketones is 1. The summed E-state index contributed by atoms with van der Waals surface area (Å²) in [5, 5.41) is 16.5. The predicted molar refractivity (Wildman–Crippen MR) is 120 cm³/mol. The Kier molecular flexibility index (Phi) is 6.11. The fourth-order valence-electron chi connectivity index (χ4n) is 4.00. The van der Waals surface area contributed by atoms with E-state index in [0.29, 0.717) is 30.3 Å². The molecule has 1 aliphatic rings. The maximum Gasteiger partial charge on any atom is 0.317 e. The van der Waals surface area contributed by atoms with Gasteiger partial charge in [0.1, 0.15) is 5.75 Å². The number of carbonyl (C=O) groups is 1. The van der Waals surface area contributed by atoms with E-state index in [0.717, 1.165) is 30.1 Å². The van der Waals surface area contributed by atoms with E-state index in [2.05, 4.69) is 35.9 Å². The van der Waals surface area contributed by atoms with Crippen LogP contribution >= 0.6 is 0 Å². The zero-order valence-corrected chi connectivity index (χ0v) is 19.7. The summed E-state index contributed by atoms with van der Waals surface area (Å²) in [6.07, 6.45) is 0. The van der Waals surface area contributed by atoms with E-state index in [9.17, 15) is 4.79 Å². The number of aromatic nitrogens is 4. The third kappa shape index (κ3) is 4.43. The SMILES string of the molecule is COc1ccc2n(n1)c(=N)[n-][n+]2CC(=O)c1cc(N2CCOCC2)c(OC)c(C(C)(C)C)c1. The topological polar surface area (TPSA) is 107 Å². The van der Waals surface area contributed by atoms with Crippen molar-refractivity contribution in [3.63, 3.8) is 0 Å². The number of methoxy groups -OCH3 is 2. The third-order valence-corrected chi connectivity index (χ3v) is 5.73. The van der Waals surface area contributed by atoms with Gasteiger partial charge in [-0.15, -0.1) is 0 Å². The van der Waals surface area contributed by atoms with Gasteiger partial charge >= 0.3 is 5.65 Å². The van der Waals surface area contributed by atoms with Crippen LogP contribution in [0.4, 0.5) is 5.69 Å². The van der Waals surface area contributed by atoms with Gasteiger partial charge in [0, 0.05) is 36.3 Å². The zero-order chi connectivity index (χ0) is 23.8. The largest absolute Gasteiger partial charge is 0.494 e. The van der Waals surface area contributed by atoms with Crippen molar-refractivity contribution in [2.24, 2.45) is 0 Å². The van der Waals surface area contributed by atoms with Crippen molar-refractivity contribution in [3.8, 4) is 11.6 Å². The van der Waals surface area contributed by atoms with Crippen LogP contribution in [0.25, 0.3) is 5.65 Å². The Bertz CT molecular complexity index is 1230. The molecule has 0 saturated carbocycles. The van der Waals surface area contributed by atoms with Gasteiger partial charge in [-0.1, -0.05) is 25.3 Å². The average Bonchev–Trinajstić information content (AvgIpc) is 3.12. The number of nitrogens with zero attached hydrogens (tertiary/aromatic N) is 5. The first kappa shape index (κ1) is 22.8. The Labute approximate surface area is 192 Å². The minimum Gasteiger partial charge on any atom is -0.494 e. The lowest BCUT2D eigenvalue weighted by atomic mass is 9.84. The van der Waals surface area contributed by atoms with Crippen molar-refractivity contribution in [2.75, 3.05) is 45.4 Å². The number of ether oxygens (including phenoxy) is 3. The lowest BCUT2D eigenvalue weighted by molar-refractivity contribution is -0.721. The number of fused-ring (bicyclic) bond motifs is 1. The third-order valence-electron chi connectivity index (χ3n) is 5.73. The van der Waals surface area contributed by atoms with E-state index >= 15 is 0 Å². The van der Waals surface area contributed by atoms with Gasteiger partial charge in [0.2, 0.25) is 11.4 Å². The molecule has 176 valence electrons. The molecule has 0 radical (unpaired) electrons. The molecule has 2 aromatic heterocycles. The van der Waals surface area contributed by atoms with E-state index < -0.39 is 0 Å². The molecule has 10 heteroatoms. The summed E-state index contributed by atoms with van der Waals surface area (Å²) in [7, 11) is 3.18. The van der Waals surface area contributed by atoms with E-state index in [1.165, 1.54) is 16.3 Å². The van der Waals surface area contributed by atoms with Crippen LogP contribution < -0.4 is 29.8 Å². The molecular formula is C23H30N6O4. The molecule has 3 heterocycles. The molecular weight excluding hydrogens is 424 g/mol. The number of Topliss-reactive ketones (excluding diaryl/α,β-unsaturated/α-hetero) is 1. The average molecular weight is 455 g/mol. The summed E-state index contributed by atoms with van der Waals surface area (Å²) in [6.45, 7) is 9.01. The van der Waals surface area contributed by atoms with Crippen LogP contribution in [0.2, 0.25) is 0 Å². The normalized spacial score (nSPS) is 14.5. The van der Waals surface area contributed by atoms with Crippen molar-refractivity contribution in [1.29, 1.82) is 5.41 Å². The Morgan fingerprint density at radius 1 is 1.21 bits per heavy atom. The lowest BCUT2D eigenvalue weighted by Gasteiger charge is -2.33. The summed E-state index contributed by atoms with van der Waals surface area (Å²) < 4.78 is 19.3. The van der Waals surface area contributed by atoms with Gasteiger partial charge in [-0.05, 0) is 22.6 Å². The quantitative estimate of drug-likeness (QED) is 0.439. The Balaban J connectivity index is 1.76. The van der Waals surface area contributed by atoms with Gasteiger partial charge in [0.05, 0.1) is 33.1 Å². The molecule has 10 nitrogen and oxygen atoms in total. The van der Waals surface area contributed by atoms with E-state index in [4.69, 9.17) is 19.6 Å². The molecule has 3 aromatic rings. The standard InChI is InChI=1S/C23H30N6O4/c1-23(2,3)16-12-15(13-17(21(16)32-5)27-8-10-33-11-9-27)18(30)14-28-20-7-6-19(31-4)25-29(20)22(24)26-28/h6-7,12-13,24H,8-11,14H2,1-5H3. The highest BCUT2D eigenvalue weighted by molar-refractivity contribution is 5.97. The van der Waals surface area contributed by atoms with E-state index in [1.54, 1.807) is 19.2 Å². The van der Waals surface area contributed by atoms with Gasteiger partial charge in [0.15, 0.2) is 6.54 Å². The fraction of sp³-hybridized carbons (Fsp3) is 0.478. The van der Waals surface area contributed by atoms with Crippen LogP contribution in [-0.2, 0) is 16.7 Å². The maximum absolute atomic E-state index is 13.4. The van der Waals surface area contributed by atoms with E-state index in [-0.39, 0.29) is 23.4 Å².